The fourth-order valence-corrected chi connectivity index (χ4v) is 3.19. The van der Waals surface area contributed by atoms with Crippen LogP contribution in [0.1, 0.15) is 18.0 Å². The van der Waals surface area contributed by atoms with Crippen LogP contribution in [-0.2, 0) is 0 Å². The fourth-order valence-electron chi connectivity index (χ4n) is 2.19. The minimum absolute atomic E-state index is 0.0546. The molecule has 25 heavy (non-hydrogen) atoms. The van der Waals surface area contributed by atoms with E-state index in [1.807, 2.05) is 0 Å². The average molecular weight is 360 g/mol. The Hall–Kier alpha value is -3.07. The van der Waals surface area contributed by atoms with Crippen molar-refractivity contribution in [2.24, 2.45) is 0 Å². The lowest BCUT2D eigenvalue weighted by Crippen LogP contribution is -2.31. The van der Waals surface area contributed by atoms with E-state index < -0.39 is 11.0 Å². The second kappa shape index (κ2) is 6.81. The Morgan fingerprint density at radius 3 is 2.68 bits per heavy atom. The lowest BCUT2D eigenvalue weighted by molar-refractivity contribution is -0.384. The molecule has 0 bridgehead atoms. The van der Waals surface area contributed by atoms with Crippen molar-refractivity contribution in [3.63, 3.8) is 0 Å². The van der Waals surface area contributed by atoms with Gasteiger partial charge < -0.3 is 10.6 Å². The number of nitrogens with zero attached hydrogens (tertiary/aromatic N) is 2. The molecule has 2 amide bonds. The van der Waals surface area contributed by atoms with Crippen molar-refractivity contribution in [2.45, 2.75) is 13.0 Å². The molecule has 3 aromatic rings. The highest BCUT2D eigenvalue weighted by Gasteiger charge is 2.15. The number of hydrogen-bond donors (Lipinski definition) is 2. The first-order chi connectivity index (χ1) is 11.9. The van der Waals surface area contributed by atoms with Gasteiger partial charge in [-0.25, -0.2) is 14.2 Å². The summed E-state index contributed by atoms with van der Waals surface area (Å²) >= 11 is 1.30. The van der Waals surface area contributed by atoms with Crippen LogP contribution in [-0.4, -0.2) is 15.9 Å². The van der Waals surface area contributed by atoms with E-state index in [9.17, 15) is 19.3 Å². The molecule has 3 rings (SSSR count). The van der Waals surface area contributed by atoms with E-state index in [0.717, 1.165) is 0 Å². The molecule has 9 heteroatoms. The molecule has 0 saturated carbocycles. The molecule has 1 atom stereocenters. The third kappa shape index (κ3) is 3.89. The van der Waals surface area contributed by atoms with E-state index in [1.54, 1.807) is 13.0 Å². The number of amides is 2. The maximum atomic E-state index is 13.2. The Labute approximate surface area is 145 Å². The van der Waals surface area contributed by atoms with E-state index in [2.05, 4.69) is 15.6 Å². The van der Waals surface area contributed by atoms with E-state index in [0.29, 0.717) is 20.9 Å². The highest BCUT2D eigenvalue weighted by atomic mass is 32.1. The molecule has 0 aliphatic carbocycles. The molecule has 0 aliphatic rings. The van der Waals surface area contributed by atoms with Crippen LogP contribution in [0.15, 0.2) is 42.5 Å². The molecule has 2 aromatic carbocycles. The van der Waals surface area contributed by atoms with E-state index in [1.165, 1.54) is 47.7 Å². The van der Waals surface area contributed by atoms with Gasteiger partial charge in [0.05, 0.1) is 21.2 Å². The molecule has 1 heterocycles. The Bertz CT molecular complexity index is 942. The number of carbonyl (C=O) groups excluding carboxylic acids is 1. The van der Waals surface area contributed by atoms with Crippen molar-refractivity contribution in [1.82, 2.24) is 10.3 Å². The van der Waals surface area contributed by atoms with Crippen LogP contribution in [0.4, 0.5) is 20.6 Å². The van der Waals surface area contributed by atoms with Crippen LogP contribution in [0.2, 0.25) is 0 Å². The van der Waals surface area contributed by atoms with Gasteiger partial charge in [0.15, 0.2) is 0 Å². The number of non-ortho nitro benzene ring substituents is 1. The first-order valence-corrected chi connectivity index (χ1v) is 8.12. The van der Waals surface area contributed by atoms with E-state index in [4.69, 9.17) is 0 Å². The maximum Gasteiger partial charge on any atom is 0.319 e. The fraction of sp³-hybridized carbons (Fsp3) is 0.125. The number of rotatable bonds is 4. The predicted molar refractivity (Wildman–Crippen MR) is 93.2 cm³/mol. The van der Waals surface area contributed by atoms with Crippen molar-refractivity contribution >= 4 is 39.0 Å². The summed E-state index contributed by atoms with van der Waals surface area (Å²) in [5.74, 6) is -0.334. The number of benzene rings is 2. The van der Waals surface area contributed by atoms with Crippen molar-refractivity contribution in [1.29, 1.82) is 0 Å². The Morgan fingerprint density at radius 2 is 2.00 bits per heavy atom. The predicted octanol–water partition coefficient (Wildman–Crippen LogP) is 4.23. The van der Waals surface area contributed by atoms with Gasteiger partial charge in [0.1, 0.15) is 10.8 Å². The zero-order valence-electron chi connectivity index (χ0n) is 13.0. The molecule has 128 valence electrons. The smallest absolute Gasteiger partial charge is 0.319 e. The molecule has 0 unspecified atom stereocenters. The quantitative estimate of drug-likeness (QED) is 0.537. The maximum absolute atomic E-state index is 13.2. The third-order valence-electron chi connectivity index (χ3n) is 3.42. The van der Waals surface area contributed by atoms with Gasteiger partial charge in [-0.05, 0) is 37.3 Å². The molecule has 1 aromatic heterocycles. The normalized spacial score (nSPS) is 11.9. The number of thiazole rings is 1. The topological polar surface area (TPSA) is 97.2 Å². The molecule has 0 aliphatic heterocycles. The Balaban J connectivity index is 1.65. The summed E-state index contributed by atoms with van der Waals surface area (Å²) < 4.78 is 13.9. The number of nitrogens with one attached hydrogen (secondary N) is 2. The number of aromatic nitrogens is 1. The van der Waals surface area contributed by atoms with Crippen molar-refractivity contribution in [3.8, 4) is 0 Å². The SMILES string of the molecule is C[C@@H](NC(=O)Nc1ccc([N+](=O)[O-])cc1)c1nc2ccc(F)cc2s1. The molecule has 0 spiro atoms. The van der Waals surface area contributed by atoms with Gasteiger partial charge in [0, 0.05) is 17.8 Å². The van der Waals surface area contributed by atoms with Gasteiger partial charge in [0.25, 0.3) is 5.69 Å². The first-order valence-electron chi connectivity index (χ1n) is 7.30. The number of nitro benzene ring substituents is 1. The lowest BCUT2D eigenvalue weighted by Gasteiger charge is -2.12. The second-order valence-electron chi connectivity index (χ2n) is 5.29. The number of carbonyl (C=O) groups is 1. The summed E-state index contributed by atoms with van der Waals surface area (Å²) in [4.78, 5) is 26.5. The van der Waals surface area contributed by atoms with Gasteiger partial charge in [-0.15, -0.1) is 11.3 Å². The van der Waals surface area contributed by atoms with Crippen LogP contribution < -0.4 is 10.6 Å². The Kier molecular flexibility index (Phi) is 4.57. The van der Waals surface area contributed by atoms with Crippen LogP contribution in [0.3, 0.4) is 0 Å². The van der Waals surface area contributed by atoms with Crippen LogP contribution in [0, 0.1) is 15.9 Å². The van der Waals surface area contributed by atoms with Crippen LogP contribution >= 0.6 is 11.3 Å². The summed E-state index contributed by atoms with van der Waals surface area (Å²) in [5.41, 5.74) is 1.05. The van der Waals surface area contributed by atoms with E-state index in [-0.39, 0.29) is 17.5 Å². The van der Waals surface area contributed by atoms with Crippen LogP contribution in [0.5, 0.6) is 0 Å². The number of nitro groups is 1. The molecule has 7 nitrogen and oxygen atoms in total. The summed E-state index contributed by atoms with van der Waals surface area (Å²) in [6.07, 6.45) is 0. The zero-order chi connectivity index (χ0) is 18.0. The number of urea groups is 1. The molecule has 2 N–H and O–H groups in total. The van der Waals surface area contributed by atoms with Crippen molar-refractivity contribution in [2.75, 3.05) is 5.32 Å². The minimum Gasteiger partial charge on any atom is -0.329 e. The number of anilines is 1. The molecular weight excluding hydrogens is 347 g/mol. The largest absolute Gasteiger partial charge is 0.329 e. The van der Waals surface area contributed by atoms with E-state index >= 15 is 0 Å². The Morgan fingerprint density at radius 1 is 1.28 bits per heavy atom. The lowest BCUT2D eigenvalue weighted by atomic mass is 10.3. The number of halogens is 1. The van der Waals surface area contributed by atoms with Gasteiger partial charge in [-0.1, -0.05) is 0 Å². The van der Waals surface area contributed by atoms with Gasteiger partial charge in [0.2, 0.25) is 0 Å². The van der Waals surface area contributed by atoms with Crippen molar-refractivity contribution in [3.05, 3.63) is 63.4 Å². The summed E-state index contributed by atoms with van der Waals surface area (Å²) in [5, 5.41) is 16.6. The molecule has 0 fully saturated rings. The van der Waals surface area contributed by atoms with Crippen molar-refractivity contribution < 1.29 is 14.1 Å². The zero-order valence-corrected chi connectivity index (χ0v) is 13.8. The standard InChI is InChI=1S/C16H13FN4O3S/c1-9(15-20-13-7-2-10(17)8-14(13)25-15)18-16(22)19-11-3-5-12(6-4-11)21(23)24/h2-9H,1H3,(H2,18,19,22)/t9-/m1/s1. The molecule has 0 saturated heterocycles. The van der Waals surface area contributed by atoms with Gasteiger partial charge >= 0.3 is 6.03 Å². The molecule has 0 radical (unpaired) electrons. The van der Waals surface area contributed by atoms with Gasteiger partial charge in [-0.3, -0.25) is 10.1 Å². The summed E-state index contributed by atoms with van der Waals surface area (Å²) in [6.45, 7) is 1.77. The summed E-state index contributed by atoms with van der Waals surface area (Å²) in [6, 6.07) is 9.00. The number of fused-ring (bicyclic) bond motifs is 1. The first kappa shape index (κ1) is 16.8. The molecular formula is C16H13FN4O3S. The average Bonchev–Trinajstić information content (AvgIpc) is 2.98. The highest BCUT2D eigenvalue weighted by molar-refractivity contribution is 7.18. The van der Waals surface area contributed by atoms with Gasteiger partial charge in [-0.2, -0.15) is 0 Å². The third-order valence-corrected chi connectivity index (χ3v) is 4.62. The summed E-state index contributed by atoms with van der Waals surface area (Å²) in [7, 11) is 0. The number of hydrogen-bond acceptors (Lipinski definition) is 5. The van der Waals surface area contributed by atoms with Crippen LogP contribution in [0.25, 0.3) is 10.2 Å². The minimum atomic E-state index is -0.512. The second-order valence-corrected chi connectivity index (χ2v) is 6.35. The monoisotopic (exact) mass is 360 g/mol. The highest BCUT2D eigenvalue weighted by Crippen LogP contribution is 2.27.